The number of aromatic amines is 1. The van der Waals surface area contributed by atoms with Crippen molar-refractivity contribution < 1.29 is 20.4 Å². The van der Waals surface area contributed by atoms with Gasteiger partial charge in [-0.15, -0.1) is 0 Å². The van der Waals surface area contributed by atoms with Gasteiger partial charge in [0.15, 0.2) is 0 Å². The van der Waals surface area contributed by atoms with Crippen LogP contribution in [0.15, 0.2) is 18.2 Å². The lowest BCUT2D eigenvalue weighted by molar-refractivity contribution is -0.0800. The summed E-state index contributed by atoms with van der Waals surface area (Å²) in [5, 5.41) is 37.9. The molecule has 0 bridgehead atoms. The van der Waals surface area contributed by atoms with E-state index in [1.807, 2.05) is 0 Å². The molecule has 0 aliphatic carbocycles. The predicted octanol–water partition coefficient (Wildman–Crippen LogP) is -0.0362. The van der Waals surface area contributed by atoms with Gasteiger partial charge in [-0.1, -0.05) is 11.6 Å². The summed E-state index contributed by atoms with van der Waals surface area (Å²) in [4.78, 5) is 6.88. The summed E-state index contributed by atoms with van der Waals surface area (Å²) in [7, 11) is 0. The number of aliphatic hydroxyl groups is 4. The molecule has 2 aromatic rings. The molecule has 2 rings (SSSR count). The Balaban J connectivity index is 2.30. The Morgan fingerprint density at radius 1 is 1.28 bits per heavy atom. The first-order valence-corrected chi connectivity index (χ1v) is 5.71. The minimum absolute atomic E-state index is 0.104. The molecular formula is C11H13ClN2O4. The van der Waals surface area contributed by atoms with Gasteiger partial charge in [0, 0.05) is 5.02 Å². The summed E-state index contributed by atoms with van der Waals surface area (Å²) in [5.74, 6) is 0.104. The van der Waals surface area contributed by atoms with Crippen LogP contribution in [0.5, 0.6) is 0 Å². The van der Waals surface area contributed by atoms with Gasteiger partial charge in [-0.05, 0) is 18.2 Å². The summed E-state index contributed by atoms with van der Waals surface area (Å²) in [6, 6.07) is 4.96. The lowest BCUT2D eigenvalue weighted by Crippen LogP contribution is -2.35. The van der Waals surface area contributed by atoms with Crippen LogP contribution in [0.3, 0.4) is 0 Å². The van der Waals surface area contributed by atoms with Crippen LogP contribution in [0.4, 0.5) is 0 Å². The van der Waals surface area contributed by atoms with Crippen molar-refractivity contribution in [3.63, 3.8) is 0 Å². The van der Waals surface area contributed by atoms with Crippen molar-refractivity contribution in [2.24, 2.45) is 0 Å². The Kier molecular flexibility index (Phi) is 3.84. The number of halogens is 1. The SMILES string of the molecule is OC[C@@H](O)[C@H](O)[C@@H](O)c1nc2cc(Cl)ccc2[nH]1. The lowest BCUT2D eigenvalue weighted by Gasteiger charge is -2.19. The van der Waals surface area contributed by atoms with Crippen LogP contribution in [0.1, 0.15) is 11.9 Å². The molecule has 0 saturated heterocycles. The third-order valence-electron chi connectivity index (χ3n) is 2.65. The zero-order valence-electron chi connectivity index (χ0n) is 9.29. The smallest absolute Gasteiger partial charge is 0.140 e. The Morgan fingerprint density at radius 2 is 2.00 bits per heavy atom. The Hall–Kier alpha value is -1.18. The maximum absolute atomic E-state index is 9.81. The fourth-order valence-electron chi connectivity index (χ4n) is 1.62. The molecule has 7 heteroatoms. The molecule has 0 aliphatic rings. The van der Waals surface area contributed by atoms with Gasteiger partial charge in [-0.3, -0.25) is 0 Å². The third kappa shape index (κ3) is 2.47. The molecule has 3 atom stereocenters. The Labute approximate surface area is 107 Å². The fourth-order valence-corrected chi connectivity index (χ4v) is 1.79. The second-order valence-corrected chi connectivity index (χ2v) is 4.41. The van der Waals surface area contributed by atoms with Crippen molar-refractivity contribution in [1.29, 1.82) is 0 Å². The highest BCUT2D eigenvalue weighted by Crippen LogP contribution is 2.22. The highest BCUT2D eigenvalue weighted by Gasteiger charge is 2.27. The first-order valence-electron chi connectivity index (χ1n) is 5.33. The zero-order valence-corrected chi connectivity index (χ0v) is 10.0. The number of H-pyrrole nitrogens is 1. The Morgan fingerprint density at radius 3 is 2.67 bits per heavy atom. The maximum atomic E-state index is 9.81. The predicted molar refractivity (Wildman–Crippen MR) is 65.2 cm³/mol. The molecule has 0 radical (unpaired) electrons. The molecule has 1 heterocycles. The van der Waals surface area contributed by atoms with E-state index in [4.69, 9.17) is 16.7 Å². The molecule has 1 aromatic heterocycles. The van der Waals surface area contributed by atoms with Crippen LogP contribution in [0.2, 0.25) is 5.02 Å². The van der Waals surface area contributed by atoms with E-state index in [1.54, 1.807) is 18.2 Å². The minimum atomic E-state index is -1.52. The van der Waals surface area contributed by atoms with E-state index in [9.17, 15) is 15.3 Å². The fraction of sp³-hybridized carbons (Fsp3) is 0.364. The number of imidazole rings is 1. The number of hydrogen-bond acceptors (Lipinski definition) is 5. The molecule has 0 saturated carbocycles. The lowest BCUT2D eigenvalue weighted by atomic mass is 10.1. The van der Waals surface area contributed by atoms with Crippen molar-refractivity contribution in [3.05, 3.63) is 29.0 Å². The van der Waals surface area contributed by atoms with Crippen LogP contribution < -0.4 is 0 Å². The first kappa shape index (κ1) is 13.3. The van der Waals surface area contributed by atoms with Crippen molar-refractivity contribution in [1.82, 2.24) is 9.97 Å². The van der Waals surface area contributed by atoms with E-state index in [1.165, 1.54) is 0 Å². The number of nitrogens with zero attached hydrogens (tertiary/aromatic N) is 1. The molecular weight excluding hydrogens is 260 g/mol. The minimum Gasteiger partial charge on any atom is -0.394 e. The summed E-state index contributed by atoms with van der Waals surface area (Å²) in [5.41, 5.74) is 1.20. The van der Waals surface area contributed by atoms with Crippen molar-refractivity contribution in [2.75, 3.05) is 6.61 Å². The standard InChI is InChI=1S/C11H13ClN2O4/c12-5-1-2-6-7(3-5)14-11(13-6)10(18)9(17)8(16)4-15/h1-3,8-10,15-18H,4H2,(H,13,14)/t8-,9+,10-/m1/s1. The second kappa shape index (κ2) is 5.21. The highest BCUT2D eigenvalue weighted by molar-refractivity contribution is 6.31. The third-order valence-corrected chi connectivity index (χ3v) is 2.88. The molecule has 0 spiro atoms. The molecule has 6 nitrogen and oxygen atoms in total. The normalized spacial score (nSPS) is 16.7. The van der Waals surface area contributed by atoms with E-state index >= 15 is 0 Å². The highest BCUT2D eigenvalue weighted by atomic mass is 35.5. The first-order chi connectivity index (χ1) is 8.52. The molecule has 0 aliphatic heterocycles. The molecule has 98 valence electrons. The summed E-state index contributed by atoms with van der Waals surface area (Å²) < 4.78 is 0. The quantitative estimate of drug-likeness (QED) is 0.537. The molecule has 0 amide bonds. The largest absolute Gasteiger partial charge is 0.394 e. The summed E-state index contributed by atoms with van der Waals surface area (Å²) in [6.45, 7) is -0.649. The monoisotopic (exact) mass is 272 g/mol. The summed E-state index contributed by atoms with van der Waals surface area (Å²) in [6.07, 6.45) is -4.37. The second-order valence-electron chi connectivity index (χ2n) is 3.97. The number of benzene rings is 1. The number of hydrogen-bond donors (Lipinski definition) is 5. The molecule has 0 unspecified atom stereocenters. The molecule has 5 N–H and O–H groups in total. The van der Waals surface area contributed by atoms with Crippen LogP contribution in [-0.4, -0.2) is 49.2 Å². The number of fused-ring (bicyclic) bond motifs is 1. The molecule has 1 aromatic carbocycles. The van der Waals surface area contributed by atoms with Gasteiger partial charge in [-0.2, -0.15) is 0 Å². The van der Waals surface area contributed by atoms with E-state index in [2.05, 4.69) is 9.97 Å². The average Bonchev–Trinajstić information content (AvgIpc) is 2.78. The van der Waals surface area contributed by atoms with Gasteiger partial charge >= 0.3 is 0 Å². The van der Waals surface area contributed by atoms with E-state index in [0.717, 1.165) is 0 Å². The van der Waals surface area contributed by atoms with Crippen molar-refractivity contribution in [3.8, 4) is 0 Å². The van der Waals surface area contributed by atoms with Crippen LogP contribution in [0.25, 0.3) is 11.0 Å². The topological polar surface area (TPSA) is 110 Å². The van der Waals surface area contributed by atoms with Gasteiger partial charge < -0.3 is 25.4 Å². The van der Waals surface area contributed by atoms with E-state index in [-0.39, 0.29) is 5.82 Å². The zero-order chi connectivity index (χ0) is 13.3. The van der Waals surface area contributed by atoms with E-state index < -0.39 is 24.9 Å². The van der Waals surface area contributed by atoms with Crippen molar-refractivity contribution in [2.45, 2.75) is 18.3 Å². The number of rotatable bonds is 4. The average molecular weight is 273 g/mol. The number of nitrogens with one attached hydrogen (secondary N) is 1. The van der Waals surface area contributed by atoms with Gasteiger partial charge in [0.2, 0.25) is 0 Å². The van der Waals surface area contributed by atoms with Crippen LogP contribution >= 0.6 is 11.6 Å². The molecule has 18 heavy (non-hydrogen) atoms. The van der Waals surface area contributed by atoms with Crippen LogP contribution in [-0.2, 0) is 0 Å². The van der Waals surface area contributed by atoms with Gasteiger partial charge in [0.05, 0.1) is 17.6 Å². The Bertz CT molecular complexity index is 545. The van der Waals surface area contributed by atoms with Gasteiger partial charge in [0.1, 0.15) is 24.1 Å². The van der Waals surface area contributed by atoms with E-state index in [0.29, 0.717) is 16.1 Å². The van der Waals surface area contributed by atoms with Crippen LogP contribution in [0, 0.1) is 0 Å². The summed E-state index contributed by atoms with van der Waals surface area (Å²) >= 11 is 5.80. The molecule has 0 fully saturated rings. The number of aromatic nitrogens is 2. The van der Waals surface area contributed by atoms with Gasteiger partial charge in [-0.25, -0.2) is 4.98 Å². The number of aliphatic hydroxyl groups excluding tert-OH is 4. The van der Waals surface area contributed by atoms with Crippen molar-refractivity contribution >= 4 is 22.6 Å². The van der Waals surface area contributed by atoms with Gasteiger partial charge in [0.25, 0.3) is 0 Å². The maximum Gasteiger partial charge on any atom is 0.140 e.